The maximum absolute atomic E-state index is 12.9. The van der Waals surface area contributed by atoms with Gasteiger partial charge in [-0.2, -0.15) is 0 Å². The molecule has 0 aromatic rings. The summed E-state index contributed by atoms with van der Waals surface area (Å²) in [7, 11) is 1.22. The summed E-state index contributed by atoms with van der Waals surface area (Å²) in [5, 5.41) is 13.8. The minimum absolute atomic E-state index is 0.0147. The van der Waals surface area contributed by atoms with Gasteiger partial charge in [-0.1, -0.05) is 227 Å². The topological polar surface area (TPSA) is 108 Å². The lowest BCUT2D eigenvalue weighted by Crippen LogP contribution is -2.45. The predicted octanol–water partition coefficient (Wildman–Crippen LogP) is 15.8. The van der Waals surface area contributed by atoms with Crippen LogP contribution in [-0.4, -0.2) is 68.5 Å². The number of carbonyl (C=O) groups is 1. The fraction of sp³-hybridized carbons (Fsp3) is 0.741. The van der Waals surface area contributed by atoms with Gasteiger partial charge in [0.05, 0.1) is 39.9 Å². The number of rotatable bonds is 49. The Morgan fingerprint density at radius 3 is 1.39 bits per heavy atom. The first-order valence-corrected chi connectivity index (χ1v) is 28.9. The summed E-state index contributed by atoms with van der Waals surface area (Å²) in [5.41, 5.74) is 0. The number of hydrogen-bond donors (Lipinski definition) is 2. The molecule has 0 heterocycles. The first kappa shape index (κ1) is 64.7. The third-order valence-corrected chi connectivity index (χ3v) is 12.8. The fourth-order valence-electron chi connectivity index (χ4n) is 7.55. The van der Waals surface area contributed by atoms with E-state index in [9.17, 15) is 19.4 Å². The van der Waals surface area contributed by atoms with Gasteiger partial charge in [-0.25, -0.2) is 0 Å². The summed E-state index contributed by atoms with van der Waals surface area (Å²) < 4.78 is 23.3. The number of carbonyl (C=O) groups excluding carboxylic acids is 1. The van der Waals surface area contributed by atoms with E-state index in [2.05, 4.69) is 92.1 Å². The van der Waals surface area contributed by atoms with E-state index >= 15 is 0 Å². The SMILES string of the molecule is CC/C=C\C/C=C\C/C=C\C/C=C\C/C=C\CCCCCCCC(=O)NC(COP(=O)([O-])OCC[N+](C)(C)C)C(O)/C=C/CC/C=C/CCCCCCCCCCCCCCCCCCCC. The van der Waals surface area contributed by atoms with Crippen LogP contribution in [0.3, 0.4) is 0 Å². The fourth-order valence-corrected chi connectivity index (χ4v) is 8.27. The average Bonchev–Trinajstić information content (AvgIpc) is 3.29. The lowest BCUT2D eigenvalue weighted by molar-refractivity contribution is -0.870. The molecule has 0 aromatic heterocycles. The van der Waals surface area contributed by atoms with Crippen LogP contribution in [0.2, 0.25) is 0 Å². The molecule has 0 saturated heterocycles. The molecule has 8 nitrogen and oxygen atoms in total. The predicted molar refractivity (Wildman–Crippen MR) is 288 cm³/mol. The van der Waals surface area contributed by atoms with Gasteiger partial charge in [-0.05, 0) is 77.0 Å². The quantitative estimate of drug-likeness (QED) is 0.0272. The van der Waals surface area contributed by atoms with Crippen molar-refractivity contribution in [3.63, 3.8) is 0 Å². The van der Waals surface area contributed by atoms with Gasteiger partial charge in [0.2, 0.25) is 5.91 Å². The summed E-state index contributed by atoms with van der Waals surface area (Å²) >= 11 is 0. The lowest BCUT2D eigenvalue weighted by atomic mass is 10.0. The molecule has 2 N–H and O–H groups in total. The van der Waals surface area contributed by atoms with Crippen LogP contribution in [0.25, 0.3) is 0 Å². The molecule has 3 atom stereocenters. The van der Waals surface area contributed by atoms with Crippen LogP contribution in [0.1, 0.15) is 226 Å². The molecule has 0 spiro atoms. The van der Waals surface area contributed by atoms with E-state index in [1.165, 1.54) is 116 Å². The number of aliphatic hydroxyl groups excluding tert-OH is 1. The summed E-state index contributed by atoms with van der Waals surface area (Å²) in [6, 6.07) is -0.920. The molecule has 67 heavy (non-hydrogen) atoms. The third kappa shape index (κ3) is 51.4. The molecular weight excluding hydrogens is 852 g/mol. The first-order valence-electron chi connectivity index (χ1n) is 27.4. The van der Waals surface area contributed by atoms with Gasteiger partial charge in [0.15, 0.2) is 0 Å². The number of likely N-dealkylation sites (N-methyl/N-ethyl adjacent to an activating group) is 1. The maximum atomic E-state index is 12.9. The minimum Gasteiger partial charge on any atom is -0.756 e. The molecule has 0 fully saturated rings. The normalized spacial score (nSPS) is 14.7. The van der Waals surface area contributed by atoms with Crippen LogP contribution in [-0.2, 0) is 18.4 Å². The Morgan fingerprint density at radius 1 is 0.537 bits per heavy atom. The molecule has 0 bridgehead atoms. The Hall–Kier alpha value is -2.32. The van der Waals surface area contributed by atoms with Crippen LogP contribution in [0.5, 0.6) is 0 Å². The van der Waals surface area contributed by atoms with Gasteiger partial charge in [0.1, 0.15) is 13.2 Å². The number of hydrogen-bond acceptors (Lipinski definition) is 6. The summed E-state index contributed by atoms with van der Waals surface area (Å²) in [4.78, 5) is 25.5. The highest BCUT2D eigenvalue weighted by atomic mass is 31.2. The average molecular weight is 957 g/mol. The van der Waals surface area contributed by atoms with Crippen molar-refractivity contribution in [2.75, 3.05) is 40.9 Å². The third-order valence-electron chi connectivity index (χ3n) is 11.8. The van der Waals surface area contributed by atoms with Crippen LogP contribution in [0.4, 0.5) is 0 Å². The highest BCUT2D eigenvalue weighted by molar-refractivity contribution is 7.45. The van der Waals surface area contributed by atoms with Gasteiger partial charge in [-0.15, -0.1) is 0 Å². The molecule has 0 radical (unpaired) electrons. The Kier molecular flexibility index (Phi) is 47.0. The Bertz CT molecular complexity index is 1360. The van der Waals surface area contributed by atoms with E-state index in [0.29, 0.717) is 17.4 Å². The van der Waals surface area contributed by atoms with Crippen LogP contribution in [0, 0.1) is 0 Å². The molecule has 9 heteroatoms. The van der Waals surface area contributed by atoms with Crippen LogP contribution >= 0.6 is 7.82 Å². The number of phosphoric acid groups is 1. The first-order chi connectivity index (χ1) is 32.5. The highest BCUT2D eigenvalue weighted by Gasteiger charge is 2.23. The molecular formula is C58H105N2O6P. The van der Waals surface area contributed by atoms with E-state index in [-0.39, 0.29) is 12.5 Å². The van der Waals surface area contributed by atoms with Crippen molar-refractivity contribution in [1.82, 2.24) is 5.32 Å². The molecule has 3 unspecified atom stereocenters. The zero-order valence-corrected chi connectivity index (χ0v) is 45.0. The number of nitrogens with one attached hydrogen (secondary N) is 1. The van der Waals surface area contributed by atoms with Crippen molar-refractivity contribution in [1.29, 1.82) is 0 Å². The van der Waals surface area contributed by atoms with Crippen molar-refractivity contribution < 1.29 is 32.9 Å². The highest BCUT2D eigenvalue weighted by Crippen LogP contribution is 2.38. The van der Waals surface area contributed by atoms with Crippen molar-refractivity contribution in [2.45, 2.75) is 238 Å². The van der Waals surface area contributed by atoms with E-state index < -0.39 is 26.6 Å². The van der Waals surface area contributed by atoms with Crippen molar-refractivity contribution >= 4 is 13.7 Å². The van der Waals surface area contributed by atoms with Crippen molar-refractivity contribution in [3.05, 3.63) is 85.1 Å². The van der Waals surface area contributed by atoms with Crippen LogP contribution in [0.15, 0.2) is 85.1 Å². The van der Waals surface area contributed by atoms with Gasteiger partial charge in [0, 0.05) is 6.42 Å². The second-order valence-corrected chi connectivity index (χ2v) is 21.0. The molecule has 0 rings (SSSR count). The Morgan fingerprint density at radius 2 is 0.925 bits per heavy atom. The van der Waals surface area contributed by atoms with Gasteiger partial charge >= 0.3 is 0 Å². The molecule has 1 amide bonds. The van der Waals surface area contributed by atoms with E-state index in [1.807, 2.05) is 27.2 Å². The minimum atomic E-state index is -4.62. The number of quaternary nitrogens is 1. The van der Waals surface area contributed by atoms with Gasteiger partial charge < -0.3 is 28.8 Å². The number of unbranched alkanes of at least 4 members (excludes halogenated alkanes) is 24. The van der Waals surface area contributed by atoms with E-state index in [4.69, 9.17) is 9.05 Å². The number of amides is 1. The monoisotopic (exact) mass is 957 g/mol. The largest absolute Gasteiger partial charge is 0.756 e. The number of phosphoric ester groups is 1. The molecule has 388 valence electrons. The zero-order valence-electron chi connectivity index (χ0n) is 44.1. The summed E-state index contributed by atoms with van der Waals surface area (Å²) in [6.07, 6.45) is 68.0. The molecule has 0 aliphatic rings. The maximum Gasteiger partial charge on any atom is 0.268 e. The smallest absolute Gasteiger partial charge is 0.268 e. The standard InChI is InChI=1S/C58H105N2O6P/c1-6-8-10-12-14-16-18-20-22-24-26-28-29-30-32-33-35-37-39-41-43-45-47-49-51-57(61)56(55-66-67(63,64)65-54-53-60(3,4)5)59-58(62)52-50-48-46-44-42-40-38-36-34-31-27-25-23-21-19-17-15-13-11-9-7-2/h9,11,15,17,21,23,27,31,36,38,41,43,49,51,56-57,61H,6-8,10,12-14,16,18-20,22,24-26,28-30,32-35,37,39-40,42,44-48,50,52-55H2,1-5H3,(H-,59,62,63,64)/b11-9-,17-15-,23-21-,31-27-,38-36-,43-41+,51-49+. The number of aliphatic hydroxyl groups is 1. The van der Waals surface area contributed by atoms with E-state index in [0.717, 1.165) is 89.9 Å². The molecule has 0 aliphatic carbocycles. The summed E-state index contributed by atoms with van der Waals surface area (Å²) in [5.74, 6) is -0.228. The van der Waals surface area contributed by atoms with Gasteiger partial charge in [0.25, 0.3) is 7.82 Å². The second kappa shape index (κ2) is 48.7. The van der Waals surface area contributed by atoms with Crippen molar-refractivity contribution in [3.8, 4) is 0 Å². The molecule has 0 saturated carbocycles. The van der Waals surface area contributed by atoms with Crippen molar-refractivity contribution in [2.24, 2.45) is 0 Å². The Labute approximate surface area is 414 Å². The second-order valence-electron chi connectivity index (χ2n) is 19.5. The number of allylic oxidation sites excluding steroid dienone is 13. The van der Waals surface area contributed by atoms with Crippen LogP contribution < -0.4 is 10.2 Å². The summed E-state index contributed by atoms with van der Waals surface area (Å²) in [6.45, 7) is 4.50. The Balaban J connectivity index is 4.36. The number of nitrogens with zero attached hydrogens (tertiary/aromatic N) is 1. The lowest BCUT2D eigenvalue weighted by Gasteiger charge is -2.29. The van der Waals surface area contributed by atoms with Gasteiger partial charge in [-0.3, -0.25) is 9.36 Å². The zero-order chi connectivity index (χ0) is 49.2. The molecule has 0 aliphatic heterocycles. The van der Waals surface area contributed by atoms with E-state index in [1.54, 1.807) is 6.08 Å². The molecule has 0 aromatic carbocycles.